The Morgan fingerprint density at radius 1 is 1.11 bits per heavy atom. The van der Waals surface area contributed by atoms with Crippen LogP contribution in [0.2, 0.25) is 5.02 Å². The average Bonchev–Trinajstić information content (AvgIpc) is 2.67. The summed E-state index contributed by atoms with van der Waals surface area (Å²) in [7, 11) is 0. The van der Waals surface area contributed by atoms with E-state index in [2.05, 4.69) is 15.3 Å². The fourth-order valence-electron chi connectivity index (χ4n) is 3.17. The van der Waals surface area contributed by atoms with Crippen LogP contribution >= 0.6 is 11.6 Å². The molecule has 1 aromatic heterocycles. The van der Waals surface area contributed by atoms with Crippen molar-refractivity contribution in [3.63, 3.8) is 0 Å². The number of carbonyl (C=O) groups is 1. The zero-order valence-corrected chi connectivity index (χ0v) is 16.4. The average molecular weight is 396 g/mol. The van der Waals surface area contributed by atoms with E-state index in [1.807, 2.05) is 54.6 Å². The Bertz CT molecular complexity index is 985. The van der Waals surface area contributed by atoms with Crippen molar-refractivity contribution in [3.05, 3.63) is 98.7 Å². The second kappa shape index (κ2) is 9.33. The van der Waals surface area contributed by atoms with Crippen LogP contribution in [0.15, 0.2) is 65.5 Å². The molecule has 6 heteroatoms. The van der Waals surface area contributed by atoms with Gasteiger partial charge < -0.3 is 10.3 Å². The molecule has 1 atom stereocenters. The Hall–Kier alpha value is -2.92. The summed E-state index contributed by atoms with van der Waals surface area (Å²) in [4.78, 5) is 31.0. The molecule has 0 bridgehead atoms. The highest BCUT2D eigenvalue weighted by Crippen LogP contribution is 2.28. The Kier molecular flexibility index (Phi) is 6.61. The van der Waals surface area contributed by atoms with Crippen molar-refractivity contribution in [2.75, 3.05) is 6.54 Å². The summed E-state index contributed by atoms with van der Waals surface area (Å²) in [6, 6.07) is 19.0. The molecule has 0 spiro atoms. The van der Waals surface area contributed by atoms with Gasteiger partial charge in [0, 0.05) is 42.1 Å². The van der Waals surface area contributed by atoms with Crippen LogP contribution in [0, 0.1) is 6.92 Å². The molecule has 2 N–H and O–H groups in total. The molecule has 1 amide bonds. The monoisotopic (exact) mass is 395 g/mol. The molecule has 3 aromatic rings. The standard InChI is InChI=1S/C22H22ClN3O2/c1-15-25-19(13-22(28)26-15)11-12-24-21(27)14-20(16-5-3-2-4-6-16)17-7-9-18(23)10-8-17/h2-10,13,20H,11-12,14H2,1H3,(H,24,27)(H,25,26,28)/t20-/m0/s1. The van der Waals surface area contributed by atoms with Crippen molar-refractivity contribution in [2.45, 2.75) is 25.7 Å². The summed E-state index contributed by atoms with van der Waals surface area (Å²) < 4.78 is 0. The second-order valence-corrected chi connectivity index (χ2v) is 7.08. The molecule has 144 valence electrons. The van der Waals surface area contributed by atoms with Gasteiger partial charge in [-0.25, -0.2) is 4.98 Å². The predicted molar refractivity (Wildman–Crippen MR) is 111 cm³/mol. The van der Waals surface area contributed by atoms with Gasteiger partial charge in [-0.2, -0.15) is 0 Å². The fraction of sp³-hybridized carbons (Fsp3) is 0.227. The van der Waals surface area contributed by atoms with Crippen LogP contribution < -0.4 is 10.9 Å². The summed E-state index contributed by atoms with van der Waals surface area (Å²) in [5.74, 6) is 0.462. The Morgan fingerprint density at radius 3 is 2.46 bits per heavy atom. The molecule has 0 fully saturated rings. The number of rotatable bonds is 7. The Labute approximate surface area is 168 Å². The normalized spacial score (nSPS) is 11.8. The lowest BCUT2D eigenvalue weighted by Gasteiger charge is -2.18. The molecule has 2 aromatic carbocycles. The van der Waals surface area contributed by atoms with Crippen molar-refractivity contribution in [2.24, 2.45) is 0 Å². The van der Waals surface area contributed by atoms with Crippen LogP contribution in [0.4, 0.5) is 0 Å². The minimum Gasteiger partial charge on any atom is -0.356 e. The molecule has 0 aliphatic carbocycles. The van der Waals surface area contributed by atoms with Gasteiger partial charge in [0.1, 0.15) is 5.82 Å². The number of nitrogens with zero attached hydrogens (tertiary/aromatic N) is 1. The maximum atomic E-state index is 12.6. The van der Waals surface area contributed by atoms with Crippen molar-refractivity contribution in [3.8, 4) is 0 Å². The van der Waals surface area contributed by atoms with E-state index in [1.165, 1.54) is 6.07 Å². The zero-order valence-electron chi connectivity index (χ0n) is 15.6. The first kappa shape index (κ1) is 19.8. The Morgan fingerprint density at radius 2 is 1.79 bits per heavy atom. The van der Waals surface area contributed by atoms with Crippen molar-refractivity contribution >= 4 is 17.5 Å². The topological polar surface area (TPSA) is 74.8 Å². The molecule has 0 aliphatic heterocycles. The third-order valence-electron chi connectivity index (χ3n) is 4.48. The van der Waals surface area contributed by atoms with Crippen LogP contribution in [0.3, 0.4) is 0 Å². The number of aryl methyl sites for hydroxylation is 1. The van der Waals surface area contributed by atoms with E-state index in [1.54, 1.807) is 6.92 Å². The van der Waals surface area contributed by atoms with Gasteiger partial charge >= 0.3 is 0 Å². The minimum absolute atomic E-state index is 0.0506. The number of benzene rings is 2. The number of hydrogen-bond acceptors (Lipinski definition) is 3. The molecule has 0 radical (unpaired) electrons. The van der Waals surface area contributed by atoms with Gasteiger partial charge in [0.2, 0.25) is 5.91 Å². The lowest BCUT2D eigenvalue weighted by molar-refractivity contribution is -0.121. The first-order chi connectivity index (χ1) is 13.5. The molecule has 0 saturated carbocycles. The smallest absolute Gasteiger partial charge is 0.251 e. The second-order valence-electron chi connectivity index (χ2n) is 6.64. The van der Waals surface area contributed by atoms with E-state index in [0.717, 1.165) is 11.1 Å². The zero-order chi connectivity index (χ0) is 19.9. The van der Waals surface area contributed by atoms with Crippen LogP contribution in [0.25, 0.3) is 0 Å². The number of aromatic amines is 1. The quantitative estimate of drug-likeness (QED) is 0.641. The number of halogens is 1. The fourth-order valence-corrected chi connectivity index (χ4v) is 3.29. The summed E-state index contributed by atoms with van der Waals surface area (Å²) in [6.07, 6.45) is 0.834. The summed E-state index contributed by atoms with van der Waals surface area (Å²) in [6.45, 7) is 2.16. The highest BCUT2D eigenvalue weighted by molar-refractivity contribution is 6.30. The van der Waals surface area contributed by atoms with E-state index >= 15 is 0 Å². The molecule has 28 heavy (non-hydrogen) atoms. The maximum absolute atomic E-state index is 12.6. The Balaban J connectivity index is 1.66. The third kappa shape index (κ3) is 5.54. The molecule has 3 rings (SSSR count). The SMILES string of the molecule is Cc1nc(CCNC(=O)C[C@@H](c2ccccc2)c2ccc(Cl)cc2)cc(=O)[nH]1. The van der Waals surface area contributed by atoms with Crippen molar-refractivity contribution in [1.29, 1.82) is 0 Å². The van der Waals surface area contributed by atoms with E-state index in [0.29, 0.717) is 35.9 Å². The number of carbonyl (C=O) groups excluding carboxylic acids is 1. The maximum Gasteiger partial charge on any atom is 0.251 e. The highest BCUT2D eigenvalue weighted by atomic mass is 35.5. The van der Waals surface area contributed by atoms with E-state index < -0.39 is 0 Å². The number of aromatic nitrogens is 2. The predicted octanol–water partition coefficient (Wildman–Crippen LogP) is 3.61. The third-order valence-corrected chi connectivity index (χ3v) is 4.73. The number of nitrogens with one attached hydrogen (secondary N) is 2. The first-order valence-electron chi connectivity index (χ1n) is 9.15. The number of hydrogen-bond donors (Lipinski definition) is 2. The number of H-pyrrole nitrogens is 1. The summed E-state index contributed by atoms with van der Waals surface area (Å²) in [5.41, 5.74) is 2.60. The highest BCUT2D eigenvalue weighted by Gasteiger charge is 2.18. The molecule has 0 unspecified atom stereocenters. The first-order valence-corrected chi connectivity index (χ1v) is 9.53. The van der Waals surface area contributed by atoms with Crippen LogP contribution in [-0.4, -0.2) is 22.4 Å². The molecule has 1 heterocycles. The van der Waals surface area contributed by atoms with Gasteiger partial charge in [0.05, 0.1) is 0 Å². The van der Waals surface area contributed by atoms with E-state index in [-0.39, 0.29) is 17.4 Å². The van der Waals surface area contributed by atoms with Crippen LogP contribution in [-0.2, 0) is 11.2 Å². The lowest BCUT2D eigenvalue weighted by Crippen LogP contribution is -2.28. The van der Waals surface area contributed by atoms with Gasteiger partial charge in [-0.05, 0) is 30.2 Å². The molecular weight excluding hydrogens is 374 g/mol. The molecule has 0 saturated heterocycles. The summed E-state index contributed by atoms with van der Waals surface area (Å²) in [5, 5.41) is 3.60. The minimum atomic E-state index is -0.180. The number of amides is 1. The van der Waals surface area contributed by atoms with Crippen molar-refractivity contribution < 1.29 is 4.79 Å². The molecular formula is C22H22ClN3O2. The van der Waals surface area contributed by atoms with Crippen molar-refractivity contribution in [1.82, 2.24) is 15.3 Å². The van der Waals surface area contributed by atoms with Crippen LogP contribution in [0.1, 0.15) is 35.0 Å². The summed E-state index contributed by atoms with van der Waals surface area (Å²) >= 11 is 6.01. The van der Waals surface area contributed by atoms with Gasteiger partial charge in [-0.15, -0.1) is 0 Å². The van der Waals surface area contributed by atoms with E-state index in [9.17, 15) is 9.59 Å². The molecule has 5 nitrogen and oxygen atoms in total. The van der Waals surface area contributed by atoms with Gasteiger partial charge in [0.15, 0.2) is 0 Å². The van der Waals surface area contributed by atoms with Crippen LogP contribution in [0.5, 0.6) is 0 Å². The van der Waals surface area contributed by atoms with Gasteiger partial charge in [0.25, 0.3) is 5.56 Å². The lowest BCUT2D eigenvalue weighted by atomic mass is 9.88. The van der Waals surface area contributed by atoms with E-state index in [4.69, 9.17) is 11.6 Å². The largest absolute Gasteiger partial charge is 0.356 e. The molecule has 0 aliphatic rings. The van der Waals surface area contributed by atoms with Gasteiger partial charge in [-0.3, -0.25) is 9.59 Å². The van der Waals surface area contributed by atoms with Gasteiger partial charge in [-0.1, -0.05) is 54.1 Å².